The summed E-state index contributed by atoms with van der Waals surface area (Å²) in [5, 5.41) is 18.2. The van der Waals surface area contributed by atoms with Crippen molar-refractivity contribution < 1.29 is 5.11 Å². The highest BCUT2D eigenvalue weighted by molar-refractivity contribution is 5.71. The number of aromatic hydroxyl groups is 1. The Balaban J connectivity index is 2.58. The molecule has 0 fully saturated rings. The van der Waals surface area contributed by atoms with Crippen LogP contribution in [0.25, 0.3) is 11.1 Å². The van der Waals surface area contributed by atoms with Gasteiger partial charge in [0.1, 0.15) is 5.75 Å². The lowest BCUT2D eigenvalue weighted by Gasteiger charge is -2.10. The Kier molecular flexibility index (Phi) is 2.84. The van der Waals surface area contributed by atoms with Crippen molar-refractivity contribution in [1.29, 1.82) is 5.26 Å². The van der Waals surface area contributed by atoms with Crippen LogP contribution >= 0.6 is 0 Å². The van der Waals surface area contributed by atoms with Gasteiger partial charge in [-0.05, 0) is 60.4 Å². The van der Waals surface area contributed by atoms with Crippen LogP contribution in [0.5, 0.6) is 5.75 Å². The van der Waals surface area contributed by atoms with Crippen LogP contribution in [0, 0.1) is 25.2 Å². The van der Waals surface area contributed by atoms with Crippen LogP contribution in [0.4, 0.5) is 0 Å². The van der Waals surface area contributed by atoms with Gasteiger partial charge in [0.2, 0.25) is 0 Å². The lowest BCUT2D eigenvalue weighted by atomic mass is 9.95. The molecule has 84 valence electrons. The average Bonchev–Trinajstić information content (AvgIpc) is 2.30. The second-order valence-corrected chi connectivity index (χ2v) is 4.14. The molecular weight excluding hydrogens is 210 g/mol. The van der Waals surface area contributed by atoms with Crippen molar-refractivity contribution in [2.75, 3.05) is 0 Å². The molecule has 0 aliphatic rings. The molecule has 2 aromatic carbocycles. The molecule has 0 saturated carbocycles. The van der Waals surface area contributed by atoms with Gasteiger partial charge in [-0.25, -0.2) is 0 Å². The van der Waals surface area contributed by atoms with Crippen molar-refractivity contribution in [3.63, 3.8) is 0 Å². The predicted octanol–water partition coefficient (Wildman–Crippen LogP) is 3.55. The van der Waals surface area contributed by atoms with E-state index in [-0.39, 0.29) is 5.75 Å². The van der Waals surface area contributed by atoms with Gasteiger partial charge in [0, 0.05) is 0 Å². The summed E-state index contributed by atoms with van der Waals surface area (Å²) in [4.78, 5) is 0. The summed E-state index contributed by atoms with van der Waals surface area (Å²) < 4.78 is 0. The summed E-state index contributed by atoms with van der Waals surface area (Å²) in [6.45, 7) is 3.95. The van der Waals surface area contributed by atoms with Gasteiger partial charge < -0.3 is 5.11 Å². The number of nitrogens with zero attached hydrogens (tertiary/aromatic N) is 1. The second-order valence-electron chi connectivity index (χ2n) is 4.14. The van der Waals surface area contributed by atoms with Crippen LogP contribution in [0.1, 0.15) is 16.7 Å². The van der Waals surface area contributed by atoms with E-state index in [2.05, 4.69) is 6.07 Å². The standard InChI is InChI=1S/C15H13NO/c1-10-7-12(9-16)3-5-14(10)15-6-4-13(17)8-11(15)2/h3-8,17H,1-2H3. The molecule has 2 aromatic rings. The first-order valence-corrected chi connectivity index (χ1v) is 5.42. The maximum Gasteiger partial charge on any atom is 0.115 e. The van der Waals surface area contributed by atoms with Crippen molar-refractivity contribution in [3.05, 3.63) is 53.1 Å². The number of benzene rings is 2. The Labute approximate surface area is 101 Å². The quantitative estimate of drug-likeness (QED) is 0.803. The summed E-state index contributed by atoms with van der Waals surface area (Å²) in [5.41, 5.74) is 4.95. The third-order valence-electron chi connectivity index (χ3n) is 2.86. The molecule has 0 spiro atoms. The molecule has 1 N–H and O–H groups in total. The smallest absolute Gasteiger partial charge is 0.115 e. The van der Waals surface area contributed by atoms with Crippen molar-refractivity contribution in [3.8, 4) is 22.9 Å². The van der Waals surface area contributed by atoms with E-state index < -0.39 is 0 Å². The number of aryl methyl sites for hydroxylation is 2. The first-order valence-electron chi connectivity index (χ1n) is 5.42. The first kappa shape index (κ1) is 11.2. The zero-order valence-corrected chi connectivity index (χ0v) is 9.86. The van der Waals surface area contributed by atoms with Crippen LogP contribution < -0.4 is 0 Å². The molecule has 2 rings (SSSR count). The molecule has 2 heteroatoms. The minimum atomic E-state index is 0.276. The number of phenols is 1. The Bertz CT molecular complexity index is 609. The van der Waals surface area contributed by atoms with E-state index >= 15 is 0 Å². The summed E-state index contributed by atoms with van der Waals surface area (Å²) in [6.07, 6.45) is 0. The molecule has 0 saturated heterocycles. The monoisotopic (exact) mass is 223 g/mol. The van der Waals surface area contributed by atoms with Gasteiger partial charge >= 0.3 is 0 Å². The molecule has 0 aliphatic heterocycles. The van der Waals surface area contributed by atoms with Crippen molar-refractivity contribution in [2.24, 2.45) is 0 Å². The molecule has 0 amide bonds. The highest BCUT2D eigenvalue weighted by Crippen LogP contribution is 2.29. The van der Waals surface area contributed by atoms with Gasteiger partial charge in [-0.2, -0.15) is 5.26 Å². The third-order valence-corrected chi connectivity index (χ3v) is 2.86. The molecule has 0 heterocycles. The van der Waals surface area contributed by atoms with Gasteiger partial charge in [-0.1, -0.05) is 12.1 Å². The lowest BCUT2D eigenvalue weighted by molar-refractivity contribution is 0.475. The predicted molar refractivity (Wildman–Crippen MR) is 67.7 cm³/mol. The Hall–Kier alpha value is -2.27. The van der Waals surface area contributed by atoms with E-state index in [9.17, 15) is 5.11 Å². The van der Waals surface area contributed by atoms with Crippen LogP contribution in [-0.4, -0.2) is 5.11 Å². The average molecular weight is 223 g/mol. The van der Waals surface area contributed by atoms with Crippen molar-refractivity contribution in [1.82, 2.24) is 0 Å². The SMILES string of the molecule is Cc1cc(O)ccc1-c1ccc(C#N)cc1C. The fourth-order valence-electron chi connectivity index (χ4n) is 1.99. The number of phenolic OH excluding ortho intramolecular Hbond substituents is 1. The van der Waals surface area contributed by atoms with E-state index in [0.29, 0.717) is 5.56 Å². The Morgan fingerprint density at radius 1 is 0.941 bits per heavy atom. The zero-order chi connectivity index (χ0) is 12.4. The molecule has 0 radical (unpaired) electrons. The van der Waals surface area contributed by atoms with E-state index in [0.717, 1.165) is 22.3 Å². The fraction of sp³-hybridized carbons (Fsp3) is 0.133. The zero-order valence-electron chi connectivity index (χ0n) is 9.86. The Morgan fingerprint density at radius 3 is 2.06 bits per heavy atom. The van der Waals surface area contributed by atoms with E-state index in [4.69, 9.17) is 5.26 Å². The third kappa shape index (κ3) is 2.14. The molecule has 0 aliphatic carbocycles. The molecule has 17 heavy (non-hydrogen) atoms. The summed E-state index contributed by atoms with van der Waals surface area (Å²) in [7, 11) is 0. The van der Waals surface area contributed by atoms with Crippen molar-refractivity contribution in [2.45, 2.75) is 13.8 Å². The number of nitriles is 1. The van der Waals surface area contributed by atoms with E-state index in [1.807, 2.05) is 38.1 Å². The van der Waals surface area contributed by atoms with Crippen molar-refractivity contribution >= 4 is 0 Å². The normalized spacial score (nSPS) is 9.94. The van der Waals surface area contributed by atoms with Gasteiger partial charge in [0.15, 0.2) is 0 Å². The van der Waals surface area contributed by atoms with Crippen LogP contribution in [-0.2, 0) is 0 Å². The molecule has 0 unspecified atom stereocenters. The molecule has 2 nitrogen and oxygen atoms in total. The van der Waals surface area contributed by atoms with E-state index in [1.165, 1.54) is 0 Å². The molecule has 0 bridgehead atoms. The highest BCUT2D eigenvalue weighted by atomic mass is 16.3. The lowest BCUT2D eigenvalue weighted by Crippen LogP contribution is -1.88. The molecular formula is C15H13NO. The van der Waals surface area contributed by atoms with Crippen LogP contribution in [0.3, 0.4) is 0 Å². The second kappa shape index (κ2) is 4.31. The van der Waals surface area contributed by atoms with Gasteiger partial charge in [0.25, 0.3) is 0 Å². The topological polar surface area (TPSA) is 44.0 Å². The maximum atomic E-state index is 9.39. The summed E-state index contributed by atoms with van der Waals surface area (Å²) >= 11 is 0. The minimum Gasteiger partial charge on any atom is -0.508 e. The number of hydrogen-bond acceptors (Lipinski definition) is 2. The van der Waals surface area contributed by atoms with Gasteiger partial charge in [-0.15, -0.1) is 0 Å². The fourth-order valence-corrected chi connectivity index (χ4v) is 1.99. The first-order chi connectivity index (χ1) is 8.11. The van der Waals surface area contributed by atoms with Crippen LogP contribution in [0.15, 0.2) is 36.4 Å². The Morgan fingerprint density at radius 2 is 1.53 bits per heavy atom. The molecule has 0 aromatic heterocycles. The maximum absolute atomic E-state index is 9.39. The van der Waals surface area contributed by atoms with E-state index in [1.54, 1.807) is 12.1 Å². The summed E-state index contributed by atoms with van der Waals surface area (Å²) in [6, 6.07) is 13.1. The van der Waals surface area contributed by atoms with Gasteiger partial charge in [-0.3, -0.25) is 0 Å². The van der Waals surface area contributed by atoms with Crippen LogP contribution in [0.2, 0.25) is 0 Å². The number of hydrogen-bond donors (Lipinski definition) is 1. The molecule has 0 atom stereocenters. The number of rotatable bonds is 1. The minimum absolute atomic E-state index is 0.276. The largest absolute Gasteiger partial charge is 0.508 e. The highest BCUT2D eigenvalue weighted by Gasteiger charge is 2.06. The summed E-state index contributed by atoms with van der Waals surface area (Å²) in [5.74, 6) is 0.276. The van der Waals surface area contributed by atoms with Gasteiger partial charge in [0.05, 0.1) is 11.6 Å².